The molecule has 0 spiro atoms. The highest BCUT2D eigenvalue weighted by Gasteiger charge is 2.11. The molecule has 0 bridgehead atoms. The summed E-state index contributed by atoms with van der Waals surface area (Å²) in [6.07, 6.45) is 5.30. The zero-order chi connectivity index (χ0) is 17.6. The molecule has 0 saturated carbocycles. The number of nitrogens with one attached hydrogen (secondary N) is 1. The highest BCUT2D eigenvalue weighted by molar-refractivity contribution is 5.78. The van der Waals surface area contributed by atoms with E-state index in [-0.39, 0.29) is 24.3 Å². The Bertz CT molecular complexity index is 832. The molecule has 1 heterocycles. The predicted molar refractivity (Wildman–Crippen MR) is 92.0 cm³/mol. The van der Waals surface area contributed by atoms with Crippen molar-refractivity contribution in [3.63, 3.8) is 0 Å². The number of rotatable bonds is 6. The van der Waals surface area contributed by atoms with Crippen molar-refractivity contribution in [2.45, 2.75) is 13.0 Å². The minimum atomic E-state index is -0.488. The van der Waals surface area contributed by atoms with Crippen LogP contribution in [0.4, 0.5) is 4.39 Å². The molecule has 0 saturated heterocycles. The zero-order valence-electron chi connectivity index (χ0n) is 13.7. The third-order valence-electron chi connectivity index (χ3n) is 3.77. The number of ether oxygens (including phenoxy) is 1. The van der Waals surface area contributed by atoms with E-state index in [0.717, 1.165) is 11.3 Å². The second kappa shape index (κ2) is 7.61. The third-order valence-corrected chi connectivity index (χ3v) is 3.77. The molecule has 0 aliphatic carbocycles. The number of hydrogen-bond acceptors (Lipinski definition) is 3. The summed E-state index contributed by atoms with van der Waals surface area (Å²) in [5.41, 5.74) is 1.95. The summed E-state index contributed by atoms with van der Waals surface area (Å²) >= 11 is 0. The summed E-state index contributed by atoms with van der Waals surface area (Å²) in [5, 5.41) is 2.83. The van der Waals surface area contributed by atoms with E-state index in [0.29, 0.717) is 0 Å². The van der Waals surface area contributed by atoms with Crippen LogP contribution in [-0.4, -0.2) is 22.1 Å². The fourth-order valence-electron chi connectivity index (χ4n) is 2.42. The lowest BCUT2D eigenvalue weighted by Gasteiger charge is -2.15. The van der Waals surface area contributed by atoms with Gasteiger partial charge in [-0.15, -0.1) is 0 Å². The SMILES string of the molecule is CC(NC(=O)COc1ccccc1F)c1ccc(-n2ccnc2)cc1. The van der Waals surface area contributed by atoms with Crippen molar-refractivity contribution in [3.8, 4) is 11.4 Å². The lowest BCUT2D eigenvalue weighted by Crippen LogP contribution is -2.31. The number of imidazole rings is 1. The van der Waals surface area contributed by atoms with E-state index in [1.807, 2.05) is 42.0 Å². The van der Waals surface area contributed by atoms with Gasteiger partial charge < -0.3 is 14.6 Å². The Balaban J connectivity index is 1.55. The number of amides is 1. The highest BCUT2D eigenvalue weighted by Crippen LogP contribution is 2.17. The molecule has 1 atom stereocenters. The number of benzene rings is 2. The fraction of sp³-hybridized carbons (Fsp3) is 0.158. The predicted octanol–water partition coefficient (Wildman–Crippen LogP) is 3.27. The minimum absolute atomic E-state index is 0.0648. The molecule has 5 nitrogen and oxygen atoms in total. The summed E-state index contributed by atoms with van der Waals surface area (Å²) in [7, 11) is 0. The number of nitrogens with zero attached hydrogens (tertiary/aromatic N) is 2. The summed E-state index contributed by atoms with van der Waals surface area (Å²) in [5.74, 6) is -0.733. The fourth-order valence-corrected chi connectivity index (χ4v) is 2.42. The van der Waals surface area contributed by atoms with Gasteiger partial charge in [-0.05, 0) is 36.8 Å². The first-order valence-electron chi connectivity index (χ1n) is 7.88. The Labute approximate surface area is 145 Å². The lowest BCUT2D eigenvalue weighted by molar-refractivity contribution is -0.123. The molecule has 1 unspecified atom stereocenters. The number of hydrogen-bond donors (Lipinski definition) is 1. The van der Waals surface area contributed by atoms with Crippen LogP contribution < -0.4 is 10.1 Å². The van der Waals surface area contributed by atoms with Gasteiger partial charge >= 0.3 is 0 Å². The molecule has 3 rings (SSSR count). The van der Waals surface area contributed by atoms with Crippen LogP contribution in [0.5, 0.6) is 5.75 Å². The van der Waals surface area contributed by atoms with E-state index >= 15 is 0 Å². The van der Waals surface area contributed by atoms with Crippen molar-refractivity contribution in [2.75, 3.05) is 6.61 Å². The Morgan fingerprint density at radius 1 is 1.24 bits per heavy atom. The van der Waals surface area contributed by atoms with Gasteiger partial charge in [0.2, 0.25) is 0 Å². The summed E-state index contributed by atoms with van der Waals surface area (Å²) < 4.78 is 20.6. The summed E-state index contributed by atoms with van der Waals surface area (Å²) in [6.45, 7) is 1.64. The lowest BCUT2D eigenvalue weighted by atomic mass is 10.1. The van der Waals surface area contributed by atoms with Gasteiger partial charge in [-0.1, -0.05) is 24.3 Å². The molecule has 0 aliphatic rings. The van der Waals surface area contributed by atoms with E-state index in [1.165, 1.54) is 12.1 Å². The second-order valence-corrected chi connectivity index (χ2v) is 5.57. The monoisotopic (exact) mass is 339 g/mol. The maximum atomic E-state index is 13.5. The van der Waals surface area contributed by atoms with Gasteiger partial charge in [-0.3, -0.25) is 4.79 Å². The number of halogens is 1. The first-order valence-corrected chi connectivity index (χ1v) is 7.88. The largest absolute Gasteiger partial charge is 0.481 e. The molecule has 3 aromatic rings. The minimum Gasteiger partial charge on any atom is -0.481 e. The van der Waals surface area contributed by atoms with E-state index in [4.69, 9.17) is 4.74 Å². The zero-order valence-corrected chi connectivity index (χ0v) is 13.7. The van der Waals surface area contributed by atoms with Crippen LogP contribution in [0, 0.1) is 5.82 Å². The highest BCUT2D eigenvalue weighted by atomic mass is 19.1. The Kier molecular flexibility index (Phi) is 5.09. The average molecular weight is 339 g/mol. The molecular formula is C19H18FN3O2. The van der Waals surface area contributed by atoms with Crippen LogP contribution in [0.3, 0.4) is 0 Å². The normalized spacial score (nSPS) is 11.8. The van der Waals surface area contributed by atoms with Gasteiger partial charge in [0.05, 0.1) is 12.4 Å². The van der Waals surface area contributed by atoms with Gasteiger partial charge in [0.1, 0.15) is 0 Å². The molecule has 0 aliphatic heterocycles. The Morgan fingerprint density at radius 2 is 2.00 bits per heavy atom. The second-order valence-electron chi connectivity index (χ2n) is 5.57. The maximum absolute atomic E-state index is 13.5. The van der Waals surface area contributed by atoms with E-state index < -0.39 is 5.82 Å². The van der Waals surface area contributed by atoms with Crippen LogP contribution >= 0.6 is 0 Å². The van der Waals surface area contributed by atoms with Crippen molar-refractivity contribution < 1.29 is 13.9 Å². The van der Waals surface area contributed by atoms with Crippen LogP contribution in [0.15, 0.2) is 67.3 Å². The Hall–Kier alpha value is -3.15. The van der Waals surface area contributed by atoms with Crippen LogP contribution in [-0.2, 0) is 4.79 Å². The van der Waals surface area contributed by atoms with Crippen molar-refractivity contribution in [1.82, 2.24) is 14.9 Å². The number of aromatic nitrogens is 2. The molecule has 2 aromatic carbocycles. The molecule has 6 heteroatoms. The quantitative estimate of drug-likeness (QED) is 0.750. The van der Waals surface area contributed by atoms with Crippen LogP contribution in [0.1, 0.15) is 18.5 Å². The number of para-hydroxylation sites is 1. The van der Waals surface area contributed by atoms with Crippen molar-refractivity contribution >= 4 is 5.91 Å². The summed E-state index contributed by atoms with van der Waals surface area (Å²) in [4.78, 5) is 16.0. The van der Waals surface area contributed by atoms with E-state index in [9.17, 15) is 9.18 Å². The van der Waals surface area contributed by atoms with Gasteiger partial charge in [-0.25, -0.2) is 9.37 Å². The van der Waals surface area contributed by atoms with Gasteiger partial charge in [0.25, 0.3) is 5.91 Å². The third kappa shape index (κ3) is 4.23. The van der Waals surface area contributed by atoms with E-state index in [2.05, 4.69) is 10.3 Å². The van der Waals surface area contributed by atoms with Crippen molar-refractivity contribution in [3.05, 3.63) is 78.6 Å². The molecule has 1 N–H and O–H groups in total. The van der Waals surface area contributed by atoms with Crippen molar-refractivity contribution in [2.24, 2.45) is 0 Å². The maximum Gasteiger partial charge on any atom is 0.258 e. The average Bonchev–Trinajstić information content (AvgIpc) is 3.16. The van der Waals surface area contributed by atoms with Crippen LogP contribution in [0.2, 0.25) is 0 Å². The smallest absolute Gasteiger partial charge is 0.258 e. The van der Waals surface area contributed by atoms with Gasteiger partial charge in [0, 0.05) is 18.1 Å². The molecule has 25 heavy (non-hydrogen) atoms. The number of carbonyl (C=O) groups excluding carboxylic acids is 1. The first-order chi connectivity index (χ1) is 12.1. The molecule has 1 amide bonds. The van der Waals surface area contributed by atoms with Crippen molar-refractivity contribution in [1.29, 1.82) is 0 Å². The first kappa shape index (κ1) is 16.7. The molecule has 128 valence electrons. The summed E-state index contributed by atoms with van der Waals surface area (Å²) in [6, 6.07) is 13.6. The number of carbonyl (C=O) groups is 1. The van der Waals surface area contributed by atoms with Gasteiger partial charge in [-0.2, -0.15) is 0 Å². The topological polar surface area (TPSA) is 56.1 Å². The molecular weight excluding hydrogens is 321 g/mol. The molecule has 0 fully saturated rings. The molecule has 1 aromatic heterocycles. The standard InChI is InChI=1S/C19H18FN3O2/c1-14(15-6-8-16(9-7-15)23-11-10-21-13-23)22-19(24)12-25-18-5-3-2-4-17(18)20/h2-11,13-14H,12H2,1H3,(H,22,24). The Morgan fingerprint density at radius 3 is 2.68 bits per heavy atom. The van der Waals surface area contributed by atoms with Crippen LogP contribution in [0.25, 0.3) is 5.69 Å². The molecule has 0 radical (unpaired) electrons. The van der Waals surface area contributed by atoms with Gasteiger partial charge in [0.15, 0.2) is 18.2 Å². The van der Waals surface area contributed by atoms with E-state index in [1.54, 1.807) is 24.7 Å².